The molecule has 1 heterocycles. The average molecular weight is 305 g/mol. The van der Waals surface area contributed by atoms with E-state index in [2.05, 4.69) is 4.74 Å². The molecule has 0 aromatic rings. The summed E-state index contributed by atoms with van der Waals surface area (Å²) in [6, 6.07) is -0.445. The van der Waals surface area contributed by atoms with Crippen LogP contribution >= 0.6 is 11.8 Å². The third kappa shape index (κ3) is 4.02. The van der Waals surface area contributed by atoms with Crippen molar-refractivity contribution in [3.8, 4) is 0 Å². The third-order valence-corrected chi connectivity index (χ3v) is 4.61. The minimum absolute atomic E-state index is 0.0415. The second-order valence-corrected chi connectivity index (χ2v) is 7.47. The molecule has 0 spiro atoms. The summed E-state index contributed by atoms with van der Waals surface area (Å²) in [6.45, 7) is 7.06. The van der Waals surface area contributed by atoms with Gasteiger partial charge in [0.2, 0.25) is 0 Å². The van der Waals surface area contributed by atoms with E-state index in [1.165, 1.54) is 23.8 Å². The Bertz CT molecular complexity index is 381. The first-order valence-electron chi connectivity index (χ1n) is 6.44. The van der Waals surface area contributed by atoms with E-state index in [1.807, 2.05) is 6.92 Å². The van der Waals surface area contributed by atoms with Crippen molar-refractivity contribution < 1.29 is 24.2 Å². The summed E-state index contributed by atoms with van der Waals surface area (Å²) in [7, 11) is 1.30. The van der Waals surface area contributed by atoms with Gasteiger partial charge in [-0.2, -0.15) is 0 Å². The van der Waals surface area contributed by atoms with E-state index >= 15 is 0 Å². The molecule has 1 saturated heterocycles. The maximum Gasteiger partial charge on any atom is 0.411 e. The molecule has 1 aliphatic rings. The van der Waals surface area contributed by atoms with Gasteiger partial charge in [-0.05, 0) is 27.7 Å². The maximum absolute atomic E-state index is 12.2. The third-order valence-electron chi connectivity index (χ3n) is 3.14. The molecule has 20 heavy (non-hydrogen) atoms. The van der Waals surface area contributed by atoms with E-state index in [4.69, 9.17) is 4.74 Å². The van der Waals surface area contributed by atoms with Crippen LogP contribution in [0, 0.1) is 0 Å². The first kappa shape index (κ1) is 17.1. The van der Waals surface area contributed by atoms with Crippen molar-refractivity contribution in [1.82, 2.24) is 4.90 Å². The zero-order valence-electron chi connectivity index (χ0n) is 12.6. The number of aliphatic hydroxyl groups is 1. The van der Waals surface area contributed by atoms with Crippen molar-refractivity contribution in [2.45, 2.75) is 50.5 Å². The van der Waals surface area contributed by atoms with E-state index < -0.39 is 28.5 Å². The predicted octanol–water partition coefficient (Wildman–Crippen LogP) is 1.61. The second kappa shape index (κ2) is 6.22. The maximum atomic E-state index is 12.2. The van der Waals surface area contributed by atoms with Crippen molar-refractivity contribution in [2.24, 2.45) is 0 Å². The molecule has 0 bridgehead atoms. The fraction of sp³-hybridized carbons (Fsp3) is 0.846. The van der Waals surface area contributed by atoms with E-state index in [0.717, 1.165) is 0 Å². The van der Waals surface area contributed by atoms with Crippen LogP contribution in [-0.2, 0) is 14.3 Å². The summed E-state index contributed by atoms with van der Waals surface area (Å²) in [5.74, 6) is -0.0288. The van der Waals surface area contributed by atoms with Crippen molar-refractivity contribution in [3.05, 3.63) is 0 Å². The van der Waals surface area contributed by atoms with Crippen LogP contribution in [0.25, 0.3) is 0 Å². The lowest BCUT2D eigenvalue weighted by atomic mass is 9.97. The smallest absolute Gasteiger partial charge is 0.411 e. The molecule has 0 radical (unpaired) electrons. The zero-order chi connectivity index (χ0) is 15.6. The second-order valence-electron chi connectivity index (χ2n) is 5.99. The van der Waals surface area contributed by atoms with Crippen LogP contribution in [0.5, 0.6) is 0 Å². The molecule has 7 heteroatoms. The van der Waals surface area contributed by atoms with Gasteiger partial charge < -0.3 is 14.6 Å². The van der Waals surface area contributed by atoms with Gasteiger partial charge in [-0.15, -0.1) is 11.8 Å². The standard InChI is InChI=1S/C13H23NO5S/c1-12(2,3)19-11(17)14-8-20-13(4,7-15)9(14)6-10(16)18-5/h9,15H,6-8H2,1-5H3. The van der Waals surface area contributed by atoms with Gasteiger partial charge in [-0.25, -0.2) is 4.79 Å². The molecule has 0 aromatic carbocycles. The van der Waals surface area contributed by atoms with Crippen LogP contribution in [0.2, 0.25) is 0 Å². The Morgan fingerprint density at radius 1 is 1.45 bits per heavy atom. The number of rotatable bonds is 3. The number of aliphatic hydroxyl groups excluding tert-OH is 1. The Morgan fingerprint density at radius 2 is 2.05 bits per heavy atom. The zero-order valence-corrected chi connectivity index (χ0v) is 13.5. The highest BCUT2D eigenvalue weighted by Gasteiger charge is 2.48. The van der Waals surface area contributed by atoms with E-state index in [1.54, 1.807) is 20.8 Å². The topological polar surface area (TPSA) is 76.1 Å². The Labute approximate surface area is 123 Å². The molecule has 0 aliphatic carbocycles. The first-order valence-corrected chi connectivity index (χ1v) is 7.43. The molecule has 116 valence electrons. The SMILES string of the molecule is COC(=O)CC1N(C(=O)OC(C)(C)C)CSC1(C)CO. The van der Waals surface area contributed by atoms with E-state index in [0.29, 0.717) is 5.88 Å². The van der Waals surface area contributed by atoms with Gasteiger partial charge in [0, 0.05) is 0 Å². The highest BCUT2D eigenvalue weighted by Crippen LogP contribution is 2.41. The average Bonchev–Trinajstić information content (AvgIpc) is 2.66. The molecule has 2 unspecified atom stereocenters. The molecule has 0 aromatic heterocycles. The normalized spacial score (nSPS) is 26.5. The predicted molar refractivity (Wildman–Crippen MR) is 76.4 cm³/mol. The van der Waals surface area contributed by atoms with Crippen LogP contribution in [0.1, 0.15) is 34.1 Å². The van der Waals surface area contributed by atoms with Crippen LogP contribution in [0.15, 0.2) is 0 Å². The molecule has 6 nitrogen and oxygen atoms in total. The first-order chi connectivity index (χ1) is 9.13. The fourth-order valence-electron chi connectivity index (χ4n) is 1.95. The summed E-state index contributed by atoms with van der Waals surface area (Å²) in [5.41, 5.74) is -0.601. The number of hydrogen-bond donors (Lipinski definition) is 1. The summed E-state index contributed by atoms with van der Waals surface area (Å²) in [4.78, 5) is 25.2. The lowest BCUT2D eigenvalue weighted by Crippen LogP contribution is -2.49. The number of ether oxygens (including phenoxy) is 2. The molecule has 0 saturated carbocycles. The van der Waals surface area contributed by atoms with Crippen molar-refractivity contribution >= 4 is 23.8 Å². The highest BCUT2D eigenvalue weighted by atomic mass is 32.2. The van der Waals surface area contributed by atoms with Gasteiger partial charge in [0.1, 0.15) is 5.60 Å². The van der Waals surface area contributed by atoms with E-state index in [-0.39, 0.29) is 13.0 Å². The molecular weight excluding hydrogens is 282 g/mol. The van der Waals surface area contributed by atoms with Gasteiger partial charge >= 0.3 is 12.1 Å². The summed E-state index contributed by atoms with van der Waals surface area (Å²) in [6.07, 6.45) is -0.434. The molecule has 1 aliphatic heterocycles. The Hall–Kier alpha value is -0.950. The summed E-state index contributed by atoms with van der Waals surface area (Å²) < 4.78 is 9.42. The van der Waals surface area contributed by atoms with Crippen molar-refractivity contribution in [2.75, 3.05) is 19.6 Å². The number of carbonyl (C=O) groups is 2. The molecule has 1 N–H and O–H groups in total. The monoisotopic (exact) mass is 305 g/mol. The largest absolute Gasteiger partial charge is 0.469 e. The van der Waals surface area contributed by atoms with Crippen LogP contribution in [-0.4, -0.2) is 58.1 Å². The fourth-order valence-corrected chi connectivity index (χ4v) is 3.17. The quantitative estimate of drug-likeness (QED) is 0.798. The van der Waals surface area contributed by atoms with Gasteiger partial charge in [0.05, 0.1) is 36.8 Å². The van der Waals surface area contributed by atoms with Crippen LogP contribution < -0.4 is 0 Å². The molecular formula is C13H23NO5S. The number of methoxy groups -OCH3 is 1. The molecule has 1 rings (SSSR count). The molecule has 2 atom stereocenters. The van der Waals surface area contributed by atoms with Crippen molar-refractivity contribution in [1.29, 1.82) is 0 Å². The van der Waals surface area contributed by atoms with Gasteiger partial charge in [-0.1, -0.05) is 0 Å². The Kier molecular flexibility index (Phi) is 5.32. The van der Waals surface area contributed by atoms with Crippen LogP contribution in [0.4, 0.5) is 4.79 Å². The minimum Gasteiger partial charge on any atom is -0.469 e. The minimum atomic E-state index is -0.601. The lowest BCUT2D eigenvalue weighted by Gasteiger charge is -2.33. The summed E-state index contributed by atoms with van der Waals surface area (Å²) >= 11 is 1.44. The number of amides is 1. The van der Waals surface area contributed by atoms with Crippen LogP contribution in [0.3, 0.4) is 0 Å². The Balaban J connectivity index is 2.89. The highest BCUT2D eigenvalue weighted by molar-refractivity contribution is 8.00. The molecule has 1 amide bonds. The summed E-state index contributed by atoms with van der Waals surface area (Å²) in [5, 5.41) is 9.56. The molecule has 1 fully saturated rings. The van der Waals surface area contributed by atoms with Gasteiger partial charge in [-0.3, -0.25) is 9.69 Å². The van der Waals surface area contributed by atoms with E-state index in [9.17, 15) is 14.7 Å². The number of nitrogens with zero attached hydrogens (tertiary/aromatic N) is 1. The number of thioether (sulfide) groups is 1. The van der Waals surface area contributed by atoms with Gasteiger partial charge in [0.25, 0.3) is 0 Å². The number of carbonyl (C=O) groups excluding carboxylic acids is 2. The van der Waals surface area contributed by atoms with Gasteiger partial charge in [0.15, 0.2) is 0 Å². The van der Waals surface area contributed by atoms with Crippen molar-refractivity contribution in [3.63, 3.8) is 0 Å². The lowest BCUT2D eigenvalue weighted by molar-refractivity contribution is -0.142. The Morgan fingerprint density at radius 3 is 2.50 bits per heavy atom. The number of esters is 1. The number of hydrogen-bond acceptors (Lipinski definition) is 6.